The van der Waals surface area contributed by atoms with Crippen LogP contribution in [-0.2, 0) is 9.59 Å². The fourth-order valence-electron chi connectivity index (χ4n) is 4.47. The molecule has 1 aliphatic carbocycles. The summed E-state index contributed by atoms with van der Waals surface area (Å²) >= 11 is 6.18. The van der Waals surface area contributed by atoms with Gasteiger partial charge in [-0.2, -0.15) is 0 Å². The van der Waals surface area contributed by atoms with Crippen LogP contribution in [0.1, 0.15) is 65.0 Å². The normalized spacial score (nSPS) is 25.8. The Labute approximate surface area is 177 Å². The molecule has 1 saturated carbocycles. The van der Waals surface area contributed by atoms with E-state index in [0.717, 1.165) is 23.3 Å². The first-order chi connectivity index (χ1) is 13.5. The molecule has 4 amide bonds. The predicted molar refractivity (Wildman–Crippen MR) is 112 cm³/mol. The summed E-state index contributed by atoms with van der Waals surface area (Å²) in [5.41, 5.74) is 0.117. The molecule has 6 nitrogen and oxygen atoms in total. The molecule has 1 saturated heterocycles. The number of imide groups is 1. The van der Waals surface area contributed by atoms with Gasteiger partial charge in [0, 0.05) is 5.02 Å². The second-order valence-electron chi connectivity index (χ2n) is 9.35. The molecule has 1 unspecified atom stereocenters. The lowest BCUT2D eigenvalue weighted by molar-refractivity contribution is -0.136. The van der Waals surface area contributed by atoms with E-state index in [1.165, 1.54) is 0 Å². The summed E-state index contributed by atoms with van der Waals surface area (Å²) in [7, 11) is 0. The van der Waals surface area contributed by atoms with Crippen LogP contribution in [0, 0.1) is 11.3 Å². The zero-order valence-electron chi connectivity index (χ0n) is 17.5. The minimum absolute atomic E-state index is 0.182. The number of hydrogen-bond donors (Lipinski definition) is 2. The number of amides is 4. The fourth-order valence-corrected chi connectivity index (χ4v) is 4.77. The number of halogens is 1. The summed E-state index contributed by atoms with van der Waals surface area (Å²) in [6, 6.07) is 6.46. The number of rotatable bonds is 4. The van der Waals surface area contributed by atoms with E-state index in [0.29, 0.717) is 23.8 Å². The van der Waals surface area contributed by atoms with Gasteiger partial charge in [-0.05, 0) is 55.6 Å². The number of carbonyl (C=O) groups is 3. The topological polar surface area (TPSA) is 78.5 Å². The molecule has 1 heterocycles. The van der Waals surface area contributed by atoms with Crippen LogP contribution >= 0.6 is 11.6 Å². The van der Waals surface area contributed by atoms with Crippen molar-refractivity contribution < 1.29 is 14.4 Å². The summed E-state index contributed by atoms with van der Waals surface area (Å²) in [5, 5.41) is 6.26. The van der Waals surface area contributed by atoms with E-state index >= 15 is 0 Å². The van der Waals surface area contributed by atoms with Gasteiger partial charge in [-0.15, -0.1) is 0 Å². The van der Waals surface area contributed by atoms with Gasteiger partial charge in [-0.25, -0.2) is 4.79 Å². The monoisotopic (exact) mass is 419 g/mol. The molecule has 1 aromatic rings. The molecule has 1 aliphatic heterocycles. The smallest absolute Gasteiger partial charge is 0.325 e. The van der Waals surface area contributed by atoms with Gasteiger partial charge in [0.15, 0.2) is 0 Å². The van der Waals surface area contributed by atoms with Gasteiger partial charge in [0.2, 0.25) is 5.91 Å². The Bertz CT molecular complexity index is 810. The first-order valence-electron chi connectivity index (χ1n) is 10.2. The van der Waals surface area contributed by atoms with Crippen molar-refractivity contribution in [3.05, 3.63) is 34.9 Å². The van der Waals surface area contributed by atoms with E-state index in [2.05, 4.69) is 31.4 Å². The van der Waals surface area contributed by atoms with Crippen molar-refractivity contribution in [3.8, 4) is 0 Å². The fraction of sp³-hybridized carbons (Fsp3) is 0.591. The third-order valence-corrected chi connectivity index (χ3v) is 6.70. The molecular weight excluding hydrogens is 390 g/mol. The highest BCUT2D eigenvalue weighted by atomic mass is 35.5. The molecule has 0 radical (unpaired) electrons. The Hall–Kier alpha value is -2.08. The van der Waals surface area contributed by atoms with E-state index in [4.69, 9.17) is 11.6 Å². The van der Waals surface area contributed by atoms with Crippen LogP contribution in [-0.4, -0.2) is 34.8 Å². The molecule has 3 rings (SSSR count). The summed E-state index contributed by atoms with van der Waals surface area (Å²) in [5.74, 6) is -0.150. The molecular formula is C22H30ClN3O3. The number of hydrogen-bond acceptors (Lipinski definition) is 3. The average Bonchev–Trinajstić information content (AvgIpc) is 2.85. The minimum atomic E-state index is -0.854. The minimum Gasteiger partial charge on any atom is -0.348 e. The first-order valence-corrected chi connectivity index (χ1v) is 10.6. The molecule has 29 heavy (non-hydrogen) atoms. The number of nitrogens with one attached hydrogen (secondary N) is 2. The Kier molecular flexibility index (Phi) is 5.95. The lowest BCUT2D eigenvalue weighted by Crippen LogP contribution is -2.51. The van der Waals surface area contributed by atoms with E-state index in [-0.39, 0.29) is 29.8 Å². The van der Waals surface area contributed by atoms with Crippen molar-refractivity contribution in [1.82, 2.24) is 15.5 Å². The molecule has 1 spiro atoms. The summed E-state index contributed by atoms with van der Waals surface area (Å²) in [6.45, 7) is 8.16. The van der Waals surface area contributed by atoms with Crippen molar-refractivity contribution >= 4 is 29.4 Å². The van der Waals surface area contributed by atoms with Gasteiger partial charge < -0.3 is 10.6 Å². The van der Waals surface area contributed by atoms with Crippen molar-refractivity contribution in [3.63, 3.8) is 0 Å². The van der Waals surface area contributed by atoms with E-state index in [9.17, 15) is 14.4 Å². The summed E-state index contributed by atoms with van der Waals surface area (Å²) in [6.07, 6.45) is 3.01. The van der Waals surface area contributed by atoms with Crippen LogP contribution in [0.4, 0.5) is 4.79 Å². The maximum absolute atomic E-state index is 13.0. The Morgan fingerprint density at radius 1 is 1.28 bits per heavy atom. The Morgan fingerprint density at radius 2 is 1.90 bits per heavy atom. The van der Waals surface area contributed by atoms with Gasteiger partial charge in [-0.1, -0.05) is 50.6 Å². The van der Waals surface area contributed by atoms with Gasteiger partial charge in [-0.3, -0.25) is 14.5 Å². The van der Waals surface area contributed by atoms with Gasteiger partial charge in [0.25, 0.3) is 5.91 Å². The van der Waals surface area contributed by atoms with Crippen LogP contribution in [0.5, 0.6) is 0 Å². The van der Waals surface area contributed by atoms with Crippen molar-refractivity contribution in [2.24, 2.45) is 11.3 Å². The third kappa shape index (κ3) is 4.42. The summed E-state index contributed by atoms with van der Waals surface area (Å²) in [4.78, 5) is 39.1. The predicted octanol–water partition coefficient (Wildman–Crippen LogP) is 4.04. The van der Waals surface area contributed by atoms with Crippen LogP contribution in [0.3, 0.4) is 0 Å². The number of nitrogens with zero attached hydrogens (tertiary/aromatic N) is 1. The average molecular weight is 420 g/mol. The third-order valence-electron chi connectivity index (χ3n) is 6.36. The SMILES string of the molecule is CC(NC(=O)CN1C(=O)NC2(CCC(C(C)(C)C)CC2)C1=O)c1ccccc1Cl. The largest absolute Gasteiger partial charge is 0.348 e. The second kappa shape index (κ2) is 7.98. The van der Waals surface area contributed by atoms with Crippen LogP contribution in [0.25, 0.3) is 0 Å². The molecule has 2 N–H and O–H groups in total. The number of carbonyl (C=O) groups excluding carboxylic acids is 3. The molecule has 158 valence electrons. The second-order valence-corrected chi connectivity index (χ2v) is 9.76. The maximum atomic E-state index is 13.0. The van der Waals surface area contributed by atoms with E-state index < -0.39 is 11.6 Å². The molecule has 1 aromatic carbocycles. The zero-order chi connectivity index (χ0) is 21.4. The maximum Gasteiger partial charge on any atom is 0.325 e. The Balaban J connectivity index is 1.62. The van der Waals surface area contributed by atoms with Gasteiger partial charge >= 0.3 is 6.03 Å². The van der Waals surface area contributed by atoms with Crippen molar-refractivity contribution in [2.45, 2.75) is 65.0 Å². The molecule has 2 aliphatic rings. The van der Waals surface area contributed by atoms with E-state index in [1.807, 2.05) is 25.1 Å². The van der Waals surface area contributed by atoms with Crippen molar-refractivity contribution in [2.75, 3.05) is 6.54 Å². The highest BCUT2D eigenvalue weighted by Gasteiger charge is 2.53. The number of urea groups is 1. The highest BCUT2D eigenvalue weighted by molar-refractivity contribution is 6.31. The van der Waals surface area contributed by atoms with Gasteiger partial charge in [0.05, 0.1) is 6.04 Å². The highest BCUT2D eigenvalue weighted by Crippen LogP contribution is 2.43. The standard InChI is InChI=1S/C22H30ClN3O3/c1-14(16-7-5-6-8-17(16)23)24-18(27)13-26-19(28)22(25-20(26)29)11-9-15(10-12-22)21(2,3)4/h5-8,14-15H,9-13H2,1-4H3,(H,24,27)(H,25,29). The summed E-state index contributed by atoms with van der Waals surface area (Å²) < 4.78 is 0. The van der Waals surface area contributed by atoms with Crippen molar-refractivity contribution in [1.29, 1.82) is 0 Å². The lowest BCUT2D eigenvalue weighted by Gasteiger charge is -2.40. The van der Waals surface area contributed by atoms with Crippen LogP contribution in [0.15, 0.2) is 24.3 Å². The molecule has 1 atom stereocenters. The molecule has 0 aromatic heterocycles. The van der Waals surface area contributed by atoms with Crippen LogP contribution < -0.4 is 10.6 Å². The first kappa shape index (κ1) is 21.6. The number of benzene rings is 1. The molecule has 7 heteroatoms. The molecule has 2 fully saturated rings. The zero-order valence-corrected chi connectivity index (χ0v) is 18.3. The molecule has 0 bridgehead atoms. The van der Waals surface area contributed by atoms with Crippen LogP contribution in [0.2, 0.25) is 5.02 Å². The van der Waals surface area contributed by atoms with Gasteiger partial charge in [0.1, 0.15) is 12.1 Å². The lowest BCUT2D eigenvalue weighted by atomic mass is 9.67. The van der Waals surface area contributed by atoms with E-state index in [1.54, 1.807) is 6.07 Å². The quantitative estimate of drug-likeness (QED) is 0.723. The Morgan fingerprint density at radius 3 is 2.48 bits per heavy atom.